The standard InChI is InChI=1S/C39H31N5O10/c45-29(22-50-27-19-11-4-12-20-27)41-39-42-33-30(34(46)43-39)40-23-44(33)35-32(54-38(49)26-17-9-3-10-18-26)31(53-37(48)25-15-7-2-8-16-25)28(52-35)21-51-36(47)24-13-5-1-6-14-24/h1-20,23,28,31-32,35H,21-22H2,(H2,41,42,43,45,46)/t28-,31-,32-,35-/m1/s1/i35+1. The number of anilines is 1. The van der Waals surface area contributed by atoms with Crippen molar-refractivity contribution in [3.05, 3.63) is 155 Å². The summed E-state index contributed by atoms with van der Waals surface area (Å²) in [5, 5.41) is 2.50. The molecule has 54 heavy (non-hydrogen) atoms. The van der Waals surface area contributed by atoms with Gasteiger partial charge in [-0.2, -0.15) is 4.98 Å². The van der Waals surface area contributed by atoms with Crippen molar-refractivity contribution in [2.45, 2.75) is 24.5 Å². The smallest absolute Gasteiger partial charge is 0.338 e. The lowest BCUT2D eigenvalue weighted by atomic mass is 10.1. The van der Waals surface area contributed by atoms with Crippen LogP contribution in [-0.2, 0) is 23.7 Å². The van der Waals surface area contributed by atoms with Gasteiger partial charge in [0.15, 0.2) is 36.2 Å². The minimum atomic E-state index is -1.40. The Hall–Kier alpha value is -7.13. The average molecular weight is 731 g/mol. The Kier molecular flexibility index (Phi) is 10.5. The molecule has 1 saturated heterocycles. The maximum absolute atomic E-state index is 13.6. The summed E-state index contributed by atoms with van der Waals surface area (Å²) in [5.74, 6) is -2.61. The number of carbonyl (C=O) groups is 4. The number of aromatic nitrogens is 4. The van der Waals surface area contributed by atoms with Crippen LogP contribution in [0.2, 0.25) is 0 Å². The monoisotopic (exact) mass is 730 g/mol. The van der Waals surface area contributed by atoms with Gasteiger partial charge in [-0.1, -0.05) is 72.8 Å². The number of hydrogen-bond acceptors (Lipinski definition) is 12. The number of hydrogen-bond donors (Lipinski definition) is 2. The predicted molar refractivity (Wildman–Crippen MR) is 191 cm³/mol. The Labute approximate surface area is 306 Å². The average Bonchev–Trinajstić information content (AvgIpc) is 3.78. The van der Waals surface area contributed by atoms with Crippen LogP contribution in [0.3, 0.4) is 0 Å². The Morgan fingerprint density at radius 1 is 0.722 bits per heavy atom. The Morgan fingerprint density at radius 3 is 1.85 bits per heavy atom. The molecule has 7 rings (SSSR count). The van der Waals surface area contributed by atoms with Crippen molar-refractivity contribution < 1.29 is 42.9 Å². The van der Waals surface area contributed by atoms with Crippen LogP contribution in [0.25, 0.3) is 11.2 Å². The predicted octanol–water partition coefficient (Wildman–Crippen LogP) is 4.34. The lowest BCUT2D eigenvalue weighted by molar-refractivity contribution is -0.118. The second kappa shape index (κ2) is 16.0. The van der Waals surface area contributed by atoms with Gasteiger partial charge in [0.1, 0.15) is 18.5 Å². The molecule has 15 heteroatoms. The van der Waals surface area contributed by atoms with E-state index in [0.29, 0.717) is 5.75 Å². The second-order valence-electron chi connectivity index (χ2n) is 11.9. The first kappa shape index (κ1) is 35.3. The summed E-state index contributed by atoms with van der Waals surface area (Å²) in [5.41, 5.74) is -0.247. The maximum Gasteiger partial charge on any atom is 0.338 e. The number of benzene rings is 4. The number of aromatic amines is 1. The van der Waals surface area contributed by atoms with Gasteiger partial charge < -0.3 is 23.7 Å². The van der Waals surface area contributed by atoms with Gasteiger partial charge in [-0.05, 0) is 48.5 Å². The van der Waals surface area contributed by atoms with E-state index in [9.17, 15) is 24.0 Å². The molecular weight excluding hydrogens is 699 g/mol. The van der Waals surface area contributed by atoms with Crippen molar-refractivity contribution in [2.24, 2.45) is 0 Å². The first-order chi connectivity index (χ1) is 26.3. The van der Waals surface area contributed by atoms with Gasteiger partial charge in [0, 0.05) is 0 Å². The minimum absolute atomic E-state index is 0.0705. The van der Waals surface area contributed by atoms with Crippen molar-refractivity contribution in [3.63, 3.8) is 0 Å². The number of ether oxygens (including phenoxy) is 5. The number of amides is 1. The van der Waals surface area contributed by atoms with Gasteiger partial charge in [-0.25, -0.2) is 19.4 Å². The van der Waals surface area contributed by atoms with E-state index in [2.05, 4.69) is 20.3 Å². The van der Waals surface area contributed by atoms with Crippen LogP contribution in [0, 0.1) is 0 Å². The molecule has 3 heterocycles. The summed E-state index contributed by atoms with van der Waals surface area (Å²) >= 11 is 0. The minimum Gasteiger partial charge on any atom is -0.484 e. The SMILES string of the molecule is O=C(COc1ccccc1)Nc1nc2c(ncn2[13C@@H]2O[C@H](COC(=O)c3ccccc3)[C@@H](OC(=O)c3ccccc3)[C@H]2OC(=O)c2ccccc2)c(=O)[nH]1. The zero-order valence-electron chi connectivity index (χ0n) is 28.3. The highest BCUT2D eigenvalue weighted by molar-refractivity contribution is 5.92. The quantitative estimate of drug-likeness (QED) is 0.103. The van der Waals surface area contributed by atoms with Crippen LogP contribution in [0.1, 0.15) is 37.3 Å². The molecule has 4 atom stereocenters. The van der Waals surface area contributed by atoms with Crippen LogP contribution in [0.4, 0.5) is 5.95 Å². The van der Waals surface area contributed by atoms with Gasteiger partial charge in [0.25, 0.3) is 11.5 Å². The molecule has 2 aromatic heterocycles. The summed E-state index contributed by atoms with van der Waals surface area (Å²) in [6, 6.07) is 33.2. The van der Waals surface area contributed by atoms with E-state index in [4.69, 9.17) is 23.7 Å². The zero-order valence-corrected chi connectivity index (χ0v) is 28.3. The van der Waals surface area contributed by atoms with Crippen molar-refractivity contribution in [1.29, 1.82) is 0 Å². The van der Waals surface area contributed by atoms with Crippen LogP contribution < -0.4 is 15.6 Å². The normalized spacial score (nSPS) is 17.7. The van der Waals surface area contributed by atoms with Crippen molar-refractivity contribution in [3.8, 4) is 5.75 Å². The van der Waals surface area contributed by atoms with Crippen LogP contribution in [-0.4, -0.2) is 74.9 Å². The summed E-state index contributed by atoms with van der Waals surface area (Å²) in [4.78, 5) is 77.1. The molecule has 1 amide bonds. The summed E-state index contributed by atoms with van der Waals surface area (Å²) in [7, 11) is 0. The molecule has 0 spiro atoms. The molecule has 0 unspecified atom stereocenters. The molecular formula is C39H31N5O10. The van der Waals surface area contributed by atoms with E-state index in [1.807, 2.05) is 0 Å². The Balaban J connectivity index is 1.23. The fourth-order valence-electron chi connectivity index (χ4n) is 5.69. The number of H-pyrrole nitrogens is 1. The number of imidazole rings is 1. The second-order valence-corrected chi connectivity index (χ2v) is 11.9. The molecule has 0 saturated carbocycles. The highest BCUT2D eigenvalue weighted by Gasteiger charge is 2.52. The van der Waals surface area contributed by atoms with E-state index in [1.165, 1.54) is 10.9 Å². The number of fused-ring (bicyclic) bond motifs is 1. The number of nitrogens with zero attached hydrogens (tertiary/aromatic N) is 3. The third-order valence-corrected chi connectivity index (χ3v) is 8.26. The number of carbonyl (C=O) groups excluding carboxylic acids is 4. The van der Waals surface area contributed by atoms with E-state index in [-0.39, 0.29) is 40.4 Å². The summed E-state index contributed by atoms with van der Waals surface area (Å²) in [6.07, 6.45) is -4.05. The van der Waals surface area contributed by atoms with Crippen molar-refractivity contribution >= 4 is 40.9 Å². The molecule has 1 aliphatic heterocycles. The lowest BCUT2D eigenvalue weighted by Gasteiger charge is -2.25. The molecule has 6 aromatic rings. The van der Waals surface area contributed by atoms with Crippen molar-refractivity contribution in [2.75, 3.05) is 18.5 Å². The fraction of sp³-hybridized carbons (Fsp3) is 0.154. The fourth-order valence-corrected chi connectivity index (χ4v) is 5.69. The molecule has 1 aliphatic rings. The first-order valence-corrected chi connectivity index (χ1v) is 16.7. The largest absolute Gasteiger partial charge is 0.484 e. The van der Waals surface area contributed by atoms with E-state index in [0.717, 1.165) is 0 Å². The lowest BCUT2D eigenvalue weighted by Crippen LogP contribution is -2.41. The molecule has 0 aliphatic carbocycles. The third-order valence-electron chi connectivity index (χ3n) is 8.26. The number of esters is 3. The topological polar surface area (TPSA) is 190 Å². The van der Waals surface area contributed by atoms with Crippen LogP contribution in [0.5, 0.6) is 5.75 Å². The van der Waals surface area contributed by atoms with Gasteiger partial charge >= 0.3 is 17.9 Å². The Morgan fingerprint density at radius 2 is 1.26 bits per heavy atom. The molecule has 15 nitrogen and oxygen atoms in total. The zero-order chi connectivity index (χ0) is 37.4. The third kappa shape index (κ3) is 8.00. The first-order valence-electron chi connectivity index (χ1n) is 16.7. The van der Waals surface area contributed by atoms with E-state index in [1.54, 1.807) is 121 Å². The Bertz CT molecular complexity index is 2320. The number of para-hydroxylation sites is 1. The van der Waals surface area contributed by atoms with Gasteiger partial charge in [0.05, 0.1) is 23.0 Å². The molecule has 0 bridgehead atoms. The van der Waals surface area contributed by atoms with Gasteiger partial charge in [-0.3, -0.25) is 24.5 Å². The number of rotatable bonds is 12. The molecule has 0 radical (unpaired) electrons. The highest BCUT2D eigenvalue weighted by atomic mass is 16.7. The van der Waals surface area contributed by atoms with E-state index < -0.39 is 60.5 Å². The van der Waals surface area contributed by atoms with Gasteiger partial charge in [0.2, 0.25) is 5.95 Å². The van der Waals surface area contributed by atoms with Crippen molar-refractivity contribution in [1.82, 2.24) is 19.5 Å². The maximum atomic E-state index is 13.6. The molecule has 272 valence electrons. The molecule has 2 N–H and O–H groups in total. The molecule has 1 fully saturated rings. The summed E-state index contributed by atoms with van der Waals surface area (Å²) < 4.78 is 30.8. The van der Waals surface area contributed by atoms with Crippen LogP contribution >= 0.6 is 0 Å². The highest BCUT2D eigenvalue weighted by Crippen LogP contribution is 2.36. The summed E-state index contributed by atoms with van der Waals surface area (Å²) in [6.45, 7) is -0.814. The van der Waals surface area contributed by atoms with Gasteiger partial charge in [-0.15, -0.1) is 0 Å². The number of nitrogens with one attached hydrogen (secondary N) is 2. The van der Waals surface area contributed by atoms with E-state index >= 15 is 0 Å². The molecule has 4 aromatic carbocycles. The van der Waals surface area contributed by atoms with Crippen LogP contribution in [0.15, 0.2) is 132 Å².